The standard InChI is InChI=1S/C17H26N2O3S/c1-3-12-23(21,22)18-13-15-7-9-16(10-8-15)17(20)19-11-5-4-6-14(19)2/h7-10,14,18H,3-6,11-13H2,1-2H3. The topological polar surface area (TPSA) is 66.5 Å². The summed E-state index contributed by atoms with van der Waals surface area (Å²) >= 11 is 0. The van der Waals surface area contributed by atoms with Crippen LogP contribution in [0.3, 0.4) is 0 Å². The van der Waals surface area contributed by atoms with Crippen LogP contribution in [0.2, 0.25) is 0 Å². The maximum atomic E-state index is 12.5. The molecule has 0 spiro atoms. The highest BCUT2D eigenvalue weighted by Gasteiger charge is 2.24. The number of rotatable bonds is 6. The first kappa shape index (κ1) is 17.9. The van der Waals surface area contributed by atoms with Crippen molar-refractivity contribution in [1.82, 2.24) is 9.62 Å². The smallest absolute Gasteiger partial charge is 0.254 e. The van der Waals surface area contributed by atoms with E-state index in [9.17, 15) is 13.2 Å². The lowest BCUT2D eigenvalue weighted by Crippen LogP contribution is -2.42. The van der Waals surface area contributed by atoms with Crippen molar-refractivity contribution in [1.29, 1.82) is 0 Å². The Labute approximate surface area is 139 Å². The molecule has 1 atom stereocenters. The fraction of sp³-hybridized carbons (Fsp3) is 0.588. The molecule has 1 heterocycles. The molecule has 5 nitrogen and oxygen atoms in total. The highest BCUT2D eigenvalue weighted by Crippen LogP contribution is 2.19. The van der Waals surface area contributed by atoms with Crippen LogP contribution in [0.4, 0.5) is 0 Å². The Hall–Kier alpha value is -1.40. The normalized spacial score (nSPS) is 18.9. The molecule has 2 rings (SSSR count). The highest BCUT2D eigenvalue weighted by atomic mass is 32.2. The first-order chi connectivity index (χ1) is 10.9. The number of hydrogen-bond donors (Lipinski definition) is 1. The number of nitrogens with zero attached hydrogens (tertiary/aromatic N) is 1. The van der Waals surface area contributed by atoms with Crippen molar-refractivity contribution in [2.75, 3.05) is 12.3 Å². The van der Waals surface area contributed by atoms with Crippen LogP contribution in [0.1, 0.15) is 55.5 Å². The minimum Gasteiger partial charge on any atom is -0.336 e. The van der Waals surface area contributed by atoms with Gasteiger partial charge in [-0.3, -0.25) is 4.79 Å². The van der Waals surface area contributed by atoms with E-state index in [0.717, 1.165) is 24.9 Å². The fourth-order valence-corrected chi connectivity index (χ4v) is 3.93. The monoisotopic (exact) mass is 338 g/mol. The lowest BCUT2D eigenvalue weighted by molar-refractivity contribution is 0.0635. The van der Waals surface area contributed by atoms with Gasteiger partial charge >= 0.3 is 0 Å². The largest absolute Gasteiger partial charge is 0.336 e. The Morgan fingerprint density at radius 3 is 2.57 bits per heavy atom. The van der Waals surface area contributed by atoms with Crippen LogP contribution in [0.25, 0.3) is 0 Å². The Morgan fingerprint density at radius 2 is 1.96 bits per heavy atom. The van der Waals surface area contributed by atoms with Crippen molar-refractivity contribution in [2.45, 2.75) is 52.1 Å². The Bertz CT molecular complexity index is 626. The third kappa shape index (κ3) is 5.04. The van der Waals surface area contributed by atoms with Gasteiger partial charge in [0.2, 0.25) is 10.0 Å². The predicted octanol–water partition coefficient (Wildman–Crippen LogP) is 2.53. The van der Waals surface area contributed by atoms with E-state index in [2.05, 4.69) is 11.6 Å². The SMILES string of the molecule is CCCS(=O)(=O)NCc1ccc(C(=O)N2CCCCC2C)cc1. The summed E-state index contributed by atoms with van der Waals surface area (Å²) < 4.78 is 25.9. The van der Waals surface area contributed by atoms with Gasteiger partial charge in [0.1, 0.15) is 0 Å². The van der Waals surface area contributed by atoms with E-state index in [4.69, 9.17) is 0 Å². The predicted molar refractivity (Wildman–Crippen MR) is 91.7 cm³/mol. The second-order valence-corrected chi connectivity index (χ2v) is 8.11. The van der Waals surface area contributed by atoms with Gasteiger partial charge in [-0.25, -0.2) is 13.1 Å². The lowest BCUT2D eigenvalue weighted by atomic mass is 10.0. The average Bonchev–Trinajstić information content (AvgIpc) is 2.53. The van der Waals surface area contributed by atoms with E-state index >= 15 is 0 Å². The van der Waals surface area contributed by atoms with Crippen molar-refractivity contribution in [3.05, 3.63) is 35.4 Å². The number of carbonyl (C=O) groups is 1. The molecule has 1 aromatic carbocycles. The van der Waals surface area contributed by atoms with Gasteiger partial charge in [-0.1, -0.05) is 19.1 Å². The number of hydrogen-bond acceptors (Lipinski definition) is 3. The lowest BCUT2D eigenvalue weighted by Gasteiger charge is -2.33. The number of amides is 1. The number of carbonyl (C=O) groups excluding carboxylic acids is 1. The molecule has 0 radical (unpaired) electrons. The van der Waals surface area contributed by atoms with Gasteiger partial charge in [0, 0.05) is 24.7 Å². The average molecular weight is 338 g/mol. The van der Waals surface area contributed by atoms with Crippen LogP contribution < -0.4 is 4.72 Å². The molecule has 0 aliphatic carbocycles. The van der Waals surface area contributed by atoms with Crippen LogP contribution in [-0.4, -0.2) is 37.6 Å². The van der Waals surface area contributed by atoms with E-state index in [-0.39, 0.29) is 24.2 Å². The molecule has 0 bridgehead atoms. The quantitative estimate of drug-likeness (QED) is 0.867. The van der Waals surface area contributed by atoms with Gasteiger partial charge in [-0.15, -0.1) is 0 Å². The molecule has 1 aliphatic rings. The molecule has 1 aliphatic heterocycles. The van der Waals surface area contributed by atoms with Gasteiger partial charge in [0.25, 0.3) is 5.91 Å². The van der Waals surface area contributed by atoms with Crippen LogP contribution in [-0.2, 0) is 16.6 Å². The summed E-state index contributed by atoms with van der Waals surface area (Å²) in [6.07, 6.45) is 3.90. The van der Waals surface area contributed by atoms with Crippen LogP contribution in [0.5, 0.6) is 0 Å². The number of piperidine rings is 1. The molecule has 0 saturated carbocycles. The number of likely N-dealkylation sites (tertiary alicyclic amines) is 1. The van der Waals surface area contributed by atoms with E-state index in [0.29, 0.717) is 12.0 Å². The first-order valence-electron chi connectivity index (χ1n) is 8.30. The van der Waals surface area contributed by atoms with E-state index in [1.165, 1.54) is 6.42 Å². The van der Waals surface area contributed by atoms with Crippen molar-refractivity contribution >= 4 is 15.9 Å². The second-order valence-electron chi connectivity index (χ2n) is 6.18. The summed E-state index contributed by atoms with van der Waals surface area (Å²) in [6, 6.07) is 7.49. The van der Waals surface area contributed by atoms with Gasteiger partial charge in [0.15, 0.2) is 0 Å². The van der Waals surface area contributed by atoms with Crippen LogP contribution in [0, 0.1) is 0 Å². The summed E-state index contributed by atoms with van der Waals surface area (Å²) in [5.74, 6) is 0.200. The third-order valence-corrected chi connectivity index (χ3v) is 5.76. The molecule has 0 aromatic heterocycles. The van der Waals surface area contributed by atoms with Crippen LogP contribution >= 0.6 is 0 Å². The zero-order chi connectivity index (χ0) is 16.9. The van der Waals surface area contributed by atoms with Crippen molar-refractivity contribution in [3.63, 3.8) is 0 Å². The third-order valence-electron chi connectivity index (χ3n) is 4.23. The van der Waals surface area contributed by atoms with Crippen molar-refractivity contribution in [2.24, 2.45) is 0 Å². The molecule has 128 valence electrons. The number of sulfonamides is 1. The van der Waals surface area contributed by atoms with E-state index < -0.39 is 10.0 Å². The molecule has 1 unspecified atom stereocenters. The number of benzene rings is 1. The molecule has 1 fully saturated rings. The summed E-state index contributed by atoms with van der Waals surface area (Å²) in [7, 11) is -3.21. The molecule has 1 aromatic rings. The number of nitrogens with one attached hydrogen (secondary N) is 1. The Balaban J connectivity index is 1.97. The molecule has 1 saturated heterocycles. The highest BCUT2D eigenvalue weighted by molar-refractivity contribution is 7.89. The van der Waals surface area contributed by atoms with Gasteiger partial charge < -0.3 is 4.90 Å². The zero-order valence-corrected chi connectivity index (χ0v) is 14.7. The van der Waals surface area contributed by atoms with E-state index in [1.807, 2.05) is 24.0 Å². The zero-order valence-electron chi connectivity index (χ0n) is 13.9. The molecule has 1 amide bonds. The van der Waals surface area contributed by atoms with Crippen molar-refractivity contribution < 1.29 is 13.2 Å². The summed E-state index contributed by atoms with van der Waals surface area (Å²) in [5.41, 5.74) is 1.52. The van der Waals surface area contributed by atoms with Gasteiger partial charge in [-0.05, 0) is 50.3 Å². The minimum absolute atomic E-state index is 0.0651. The van der Waals surface area contributed by atoms with Crippen LogP contribution in [0.15, 0.2) is 24.3 Å². The van der Waals surface area contributed by atoms with Crippen molar-refractivity contribution in [3.8, 4) is 0 Å². The first-order valence-corrected chi connectivity index (χ1v) is 9.95. The summed E-state index contributed by atoms with van der Waals surface area (Å²) in [4.78, 5) is 14.5. The minimum atomic E-state index is -3.21. The van der Waals surface area contributed by atoms with E-state index in [1.54, 1.807) is 12.1 Å². The second kappa shape index (κ2) is 7.93. The Kier molecular flexibility index (Phi) is 6.18. The maximum absolute atomic E-state index is 12.5. The molecular formula is C17H26N2O3S. The van der Waals surface area contributed by atoms with Gasteiger partial charge in [-0.2, -0.15) is 0 Å². The molecule has 6 heteroatoms. The molecular weight excluding hydrogens is 312 g/mol. The molecule has 23 heavy (non-hydrogen) atoms. The van der Waals surface area contributed by atoms with Gasteiger partial charge in [0.05, 0.1) is 5.75 Å². The fourth-order valence-electron chi connectivity index (χ4n) is 2.87. The Morgan fingerprint density at radius 1 is 1.26 bits per heavy atom. The maximum Gasteiger partial charge on any atom is 0.254 e. The summed E-state index contributed by atoms with van der Waals surface area (Å²) in [5, 5.41) is 0. The summed E-state index contributed by atoms with van der Waals surface area (Å²) in [6.45, 7) is 5.00. The molecule has 1 N–H and O–H groups in total.